The predicted molar refractivity (Wildman–Crippen MR) is 84.6 cm³/mol. The Morgan fingerprint density at radius 1 is 1.30 bits per heavy atom. The summed E-state index contributed by atoms with van der Waals surface area (Å²) < 4.78 is 0. The van der Waals surface area contributed by atoms with E-state index < -0.39 is 0 Å². The molecule has 0 spiro atoms. The zero-order chi connectivity index (χ0) is 15.0. The van der Waals surface area contributed by atoms with Crippen molar-refractivity contribution in [3.63, 3.8) is 0 Å². The van der Waals surface area contributed by atoms with Crippen molar-refractivity contribution in [3.8, 4) is 0 Å². The number of likely N-dealkylation sites (tertiary alicyclic amines) is 1. The summed E-state index contributed by atoms with van der Waals surface area (Å²) in [6.45, 7) is 10.2. The number of unbranched alkanes of at least 4 members (excludes halogenated alkanes) is 1. The number of amides is 1. The molecule has 0 aromatic carbocycles. The van der Waals surface area contributed by atoms with Crippen molar-refractivity contribution in [3.05, 3.63) is 0 Å². The molecule has 2 atom stereocenters. The van der Waals surface area contributed by atoms with Gasteiger partial charge < -0.3 is 10.6 Å². The van der Waals surface area contributed by atoms with E-state index in [1.165, 1.54) is 12.8 Å². The number of rotatable bonds is 9. The summed E-state index contributed by atoms with van der Waals surface area (Å²) in [6, 6.07) is 0.700. The lowest BCUT2D eigenvalue weighted by Gasteiger charge is -2.36. The summed E-state index contributed by atoms with van der Waals surface area (Å²) in [5, 5.41) is 0. The number of nitrogens with two attached hydrogens (primary N) is 1. The molecule has 1 aliphatic rings. The van der Waals surface area contributed by atoms with Crippen molar-refractivity contribution in [1.82, 2.24) is 9.80 Å². The highest BCUT2D eigenvalue weighted by Crippen LogP contribution is 2.16. The van der Waals surface area contributed by atoms with Crippen molar-refractivity contribution < 1.29 is 4.79 Å². The molecule has 20 heavy (non-hydrogen) atoms. The molecule has 1 aliphatic heterocycles. The molecule has 1 saturated heterocycles. The van der Waals surface area contributed by atoms with E-state index in [0.29, 0.717) is 24.9 Å². The van der Waals surface area contributed by atoms with Crippen molar-refractivity contribution in [2.75, 3.05) is 26.2 Å². The van der Waals surface area contributed by atoms with E-state index in [4.69, 9.17) is 5.73 Å². The van der Waals surface area contributed by atoms with Crippen LogP contribution in [0.3, 0.4) is 0 Å². The fraction of sp³-hybridized carbons (Fsp3) is 0.938. The lowest BCUT2D eigenvalue weighted by atomic mass is 10.1. The van der Waals surface area contributed by atoms with E-state index >= 15 is 0 Å². The molecular weight excluding hydrogens is 250 g/mol. The summed E-state index contributed by atoms with van der Waals surface area (Å²) >= 11 is 0. The molecule has 2 N–H and O–H groups in total. The molecule has 4 heteroatoms. The van der Waals surface area contributed by atoms with Gasteiger partial charge in [0.2, 0.25) is 5.91 Å². The minimum absolute atomic E-state index is 0.199. The van der Waals surface area contributed by atoms with Gasteiger partial charge >= 0.3 is 0 Å². The Morgan fingerprint density at radius 3 is 2.45 bits per heavy atom. The van der Waals surface area contributed by atoms with Crippen molar-refractivity contribution >= 4 is 5.91 Å². The maximum absolute atomic E-state index is 12.3. The number of carbonyl (C=O) groups is 1. The second-order valence-corrected chi connectivity index (χ2v) is 6.03. The van der Waals surface area contributed by atoms with Crippen LogP contribution in [0, 0.1) is 0 Å². The van der Waals surface area contributed by atoms with Gasteiger partial charge in [0.05, 0.1) is 0 Å². The van der Waals surface area contributed by atoms with Crippen LogP contribution in [0.2, 0.25) is 0 Å². The van der Waals surface area contributed by atoms with Crippen molar-refractivity contribution in [2.45, 2.75) is 71.4 Å². The van der Waals surface area contributed by atoms with E-state index in [0.717, 1.165) is 38.9 Å². The molecule has 2 unspecified atom stereocenters. The van der Waals surface area contributed by atoms with Crippen LogP contribution in [0.4, 0.5) is 0 Å². The summed E-state index contributed by atoms with van der Waals surface area (Å²) in [5.41, 5.74) is 5.97. The summed E-state index contributed by atoms with van der Waals surface area (Å²) in [6.07, 6.45) is 6.37. The topological polar surface area (TPSA) is 49.6 Å². The van der Waals surface area contributed by atoms with E-state index in [1.807, 2.05) is 4.90 Å². The van der Waals surface area contributed by atoms with Crippen LogP contribution in [-0.2, 0) is 4.79 Å². The third-order valence-electron chi connectivity index (χ3n) is 4.54. The lowest BCUT2D eigenvalue weighted by Crippen LogP contribution is -2.48. The van der Waals surface area contributed by atoms with Crippen LogP contribution in [0.15, 0.2) is 0 Å². The molecule has 0 radical (unpaired) electrons. The first-order valence-corrected chi connectivity index (χ1v) is 8.37. The van der Waals surface area contributed by atoms with E-state index in [-0.39, 0.29) is 6.04 Å². The standard InChI is InChI=1S/C16H33N3O/c1-4-6-11-19(14(3)5-2)15(13-17)12-16(20)18-9-7-8-10-18/h14-15H,4-13,17H2,1-3H3. The van der Waals surface area contributed by atoms with Gasteiger partial charge in [0.15, 0.2) is 0 Å². The second kappa shape index (κ2) is 9.35. The first kappa shape index (κ1) is 17.4. The number of hydrogen-bond acceptors (Lipinski definition) is 3. The Kier molecular flexibility index (Phi) is 8.15. The van der Waals surface area contributed by atoms with Gasteiger partial charge in [-0.15, -0.1) is 0 Å². The highest BCUT2D eigenvalue weighted by atomic mass is 16.2. The third kappa shape index (κ3) is 5.06. The van der Waals surface area contributed by atoms with Crippen LogP contribution in [0.1, 0.15) is 59.3 Å². The molecule has 4 nitrogen and oxygen atoms in total. The van der Waals surface area contributed by atoms with Gasteiger partial charge in [0.25, 0.3) is 0 Å². The molecule has 0 aliphatic carbocycles. The fourth-order valence-corrected chi connectivity index (χ4v) is 2.97. The molecule has 1 rings (SSSR count). The molecule has 0 bridgehead atoms. The predicted octanol–water partition coefficient (Wildman–Crippen LogP) is 2.23. The number of hydrogen-bond donors (Lipinski definition) is 1. The Hall–Kier alpha value is -0.610. The zero-order valence-electron chi connectivity index (χ0n) is 13.6. The van der Waals surface area contributed by atoms with E-state index in [2.05, 4.69) is 25.7 Å². The highest BCUT2D eigenvalue weighted by molar-refractivity contribution is 5.77. The Balaban J connectivity index is 2.60. The normalized spacial score (nSPS) is 18.6. The zero-order valence-corrected chi connectivity index (χ0v) is 13.6. The number of carbonyl (C=O) groups excluding carboxylic acids is 1. The van der Waals surface area contributed by atoms with Gasteiger partial charge in [-0.1, -0.05) is 20.3 Å². The summed E-state index contributed by atoms with van der Waals surface area (Å²) in [7, 11) is 0. The Labute approximate surface area is 124 Å². The molecule has 118 valence electrons. The first-order valence-electron chi connectivity index (χ1n) is 8.37. The first-order chi connectivity index (χ1) is 9.63. The van der Waals surface area contributed by atoms with Crippen LogP contribution in [0.5, 0.6) is 0 Å². The maximum atomic E-state index is 12.3. The molecule has 0 aromatic heterocycles. The average Bonchev–Trinajstić information content (AvgIpc) is 2.99. The van der Waals surface area contributed by atoms with Crippen LogP contribution >= 0.6 is 0 Å². The smallest absolute Gasteiger partial charge is 0.224 e. The SMILES string of the molecule is CCCCN(C(C)CC)C(CN)CC(=O)N1CCCC1. The van der Waals surface area contributed by atoms with Crippen molar-refractivity contribution in [2.24, 2.45) is 5.73 Å². The lowest BCUT2D eigenvalue weighted by molar-refractivity contribution is -0.131. The minimum Gasteiger partial charge on any atom is -0.343 e. The Bertz CT molecular complexity index is 277. The average molecular weight is 283 g/mol. The van der Waals surface area contributed by atoms with Crippen LogP contribution in [0.25, 0.3) is 0 Å². The molecule has 0 aromatic rings. The summed E-state index contributed by atoms with van der Waals surface area (Å²) in [5.74, 6) is 0.294. The fourth-order valence-electron chi connectivity index (χ4n) is 2.97. The quantitative estimate of drug-likeness (QED) is 0.706. The van der Waals surface area contributed by atoms with Gasteiger partial charge in [-0.3, -0.25) is 9.69 Å². The van der Waals surface area contributed by atoms with Gasteiger partial charge in [-0.05, 0) is 39.2 Å². The third-order valence-corrected chi connectivity index (χ3v) is 4.54. The molecule has 1 heterocycles. The molecule has 1 amide bonds. The molecule has 0 saturated carbocycles. The highest BCUT2D eigenvalue weighted by Gasteiger charge is 2.26. The second-order valence-electron chi connectivity index (χ2n) is 6.03. The molecule has 1 fully saturated rings. The van der Waals surface area contributed by atoms with Crippen LogP contribution in [-0.4, -0.2) is 54.0 Å². The van der Waals surface area contributed by atoms with E-state index in [9.17, 15) is 4.79 Å². The molecular formula is C16H33N3O. The summed E-state index contributed by atoms with van der Waals surface area (Å²) in [4.78, 5) is 16.8. The van der Waals surface area contributed by atoms with Gasteiger partial charge in [-0.2, -0.15) is 0 Å². The largest absolute Gasteiger partial charge is 0.343 e. The maximum Gasteiger partial charge on any atom is 0.224 e. The monoisotopic (exact) mass is 283 g/mol. The number of nitrogens with zero attached hydrogens (tertiary/aromatic N) is 2. The Morgan fingerprint density at radius 2 is 1.95 bits per heavy atom. The van der Waals surface area contributed by atoms with Crippen molar-refractivity contribution in [1.29, 1.82) is 0 Å². The minimum atomic E-state index is 0.199. The van der Waals surface area contributed by atoms with E-state index in [1.54, 1.807) is 0 Å². The van der Waals surface area contributed by atoms with Gasteiger partial charge in [0.1, 0.15) is 0 Å². The van der Waals surface area contributed by atoms with Gasteiger partial charge in [-0.25, -0.2) is 0 Å². The van der Waals surface area contributed by atoms with Gasteiger partial charge in [0, 0.05) is 38.1 Å². The van der Waals surface area contributed by atoms with Crippen LogP contribution < -0.4 is 5.73 Å².